The minimum atomic E-state index is -0.595. The Morgan fingerprint density at radius 1 is 0.900 bits per heavy atom. The summed E-state index contributed by atoms with van der Waals surface area (Å²) in [6.45, 7) is 0.853. The highest BCUT2D eigenvalue weighted by Gasteiger charge is 2.15. The van der Waals surface area contributed by atoms with Gasteiger partial charge >= 0.3 is 0 Å². The number of nitrogens with one attached hydrogen (secondary N) is 1. The molecule has 0 saturated carbocycles. The number of nitrogens with zero attached hydrogens (tertiary/aromatic N) is 1. The third-order valence-electron chi connectivity index (χ3n) is 5.12. The second kappa shape index (κ2) is 8.88. The Balaban J connectivity index is 1.59. The fraction of sp³-hybridized carbons (Fsp3) is 0.217. The van der Waals surface area contributed by atoms with Crippen LogP contribution in [0.25, 0.3) is 21.8 Å². The van der Waals surface area contributed by atoms with Gasteiger partial charge in [0.15, 0.2) is 0 Å². The molecule has 1 aromatic heterocycles. The third-order valence-corrected chi connectivity index (χ3v) is 6.11. The maximum atomic E-state index is 10.8. The van der Waals surface area contributed by atoms with Crippen LogP contribution >= 0.6 is 31.9 Å². The van der Waals surface area contributed by atoms with Gasteiger partial charge in [0.2, 0.25) is 0 Å². The Morgan fingerprint density at radius 2 is 1.53 bits per heavy atom. The van der Waals surface area contributed by atoms with Crippen molar-refractivity contribution in [3.05, 3.63) is 63.5 Å². The molecule has 4 aromatic rings. The molecule has 1 atom stereocenters. The van der Waals surface area contributed by atoms with E-state index in [0.717, 1.165) is 42.2 Å². The molecule has 0 fully saturated rings. The first-order valence-electron chi connectivity index (χ1n) is 9.51. The van der Waals surface area contributed by atoms with Crippen molar-refractivity contribution in [1.29, 1.82) is 0 Å². The molecule has 2 N–H and O–H groups in total. The van der Waals surface area contributed by atoms with E-state index in [1.807, 2.05) is 30.3 Å². The van der Waals surface area contributed by atoms with E-state index in [-0.39, 0.29) is 0 Å². The Bertz CT molecular complexity index is 1150. The number of benzene rings is 3. The van der Waals surface area contributed by atoms with Crippen molar-refractivity contribution in [2.24, 2.45) is 0 Å². The average molecular weight is 534 g/mol. The lowest BCUT2D eigenvalue weighted by atomic mass is 10.2. The van der Waals surface area contributed by atoms with Gasteiger partial charge in [-0.3, -0.25) is 0 Å². The van der Waals surface area contributed by atoms with Gasteiger partial charge in [-0.05, 0) is 48.5 Å². The van der Waals surface area contributed by atoms with Crippen LogP contribution in [-0.4, -0.2) is 36.5 Å². The SMILES string of the molecule is COc1ccc(NC[C@H](O)Cn2c3ccc(Br)cc3c3cc(Br)ccc32)c(OC)c1. The molecule has 0 bridgehead atoms. The number of rotatable bonds is 7. The molecule has 0 saturated heterocycles. The number of fused-ring (bicyclic) bond motifs is 3. The smallest absolute Gasteiger partial charge is 0.145 e. The molecule has 5 nitrogen and oxygen atoms in total. The topological polar surface area (TPSA) is 55.6 Å². The number of hydrogen-bond donors (Lipinski definition) is 2. The predicted octanol–water partition coefficient (Wildman–Crippen LogP) is 5.81. The molecule has 0 radical (unpaired) electrons. The lowest BCUT2D eigenvalue weighted by Gasteiger charge is -2.17. The number of methoxy groups -OCH3 is 2. The standard InChI is InChI=1S/C23H22Br2N2O3/c1-29-17-5-6-20(23(11-17)30-2)26-12-16(28)13-27-21-7-3-14(24)9-18(21)19-10-15(25)4-8-22(19)27/h3-11,16,26,28H,12-13H2,1-2H3/t16-/m0/s1. The monoisotopic (exact) mass is 532 g/mol. The van der Waals surface area contributed by atoms with Gasteiger partial charge in [-0.25, -0.2) is 0 Å². The summed E-state index contributed by atoms with van der Waals surface area (Å²) < 4.78 is 14.9. The summed E-state index contributed by atoms with van der Waals surface area (Å²) in [5, 5.41) is 16.4. The first-order valence-corrected chi connectivity index (χ1v) is 11.1. The van der Waals surface area contributed by atoms with Crippen LogP contribution in [-0.2, 0) is 6.54 Å². The number of anilines is 1. The highest BCUT2D eigenvalue weighted by molar-refractivity contribution is 9.10. The number of aliphatic hydroxyl groups excluding tert-OH is 1. The van der Waals surface area contributed by atoms with Crippen molar-refractivity contribution in [1.82, 2.24) is 4.57 Å². The molecule has 0 aliphatic carbocycles. The predicted molar refractivity (Wildman–Crippen MR) is 129 cm³/mol. The molecular weight excluding hydrogens is 512 g/mol. The number of aromatic nitrogens is 1. The van der Waals surface area contributed by atoms with E-state index >= 15 is 0 Å². The molecule has 7 heteroatoms. The van der Waals surface area contributed by atoms with E-state index in [0.29, 0.717) is 18.8 Å². The summed E-state index contributed by atoms with van der Waals surface area (Å²) in [5.41, 5.74) is 2.99. The van der Waals surface area contributed by atoms with Crippen LogP contribution in [0.3, 0.4) is 0 Å². The van der Waals surface area contributed by atoms with E-state index < -0.39 is 6.10 Å². The molecule has 1 heterocycles. The molecule has 0 amide bonds. The second-order valence-corrected chi connectivity index (χ2v) is 8.87. The van der Waals surface area contributed by atoms with Crippen molar-refractivity contribution >= 4 is 59.4 Å². The molecule has 0 spiro atoms. The summed E-state index contributed by atoms with van der Waals surface area (Å²) in [6, 6.07) is 18.0. The molecule has 4 rings (SSSR count). The highest BCUT2D eigenvalue weighted by atomic mass is 79.9. The number of aliphatic hydroxyl groups is 1. The number of ether oxygens (including phenoxy) is 2. The van der Waals surface area contributed by atoms with Gasteiger partial charge in [0.05, 0.1) is 32.6 Å². The zero-order chi connectivity index (χ0) is 21.3. The largest absolute Gasteiger partial charge is 0.497 e. The van der Waals surface area contributed by atoms with E-state index in [1.54, 1.807) is 14.2 Å². The molecule has 0 aliphatic rings. The normalized spacial score (nSPS) is 12.3. The summed E-state index contributed by atoms with van der Waals surface area (Å²) in [4.78, 5) is 0. The molecule has 0 unspecified atom stereocenters. The summed E-state index contributed by atoms with van der Waals surface area (Å²) in [6.07, 6.45) is -0.595. The van der Waals surface area contributed by atoms with Gasteiger partial charge < -0.3 is 24.5 Å². The number of hydrogen-bond acceptors (Lipinski definition) is 4. The lowest BCUT2D eigenvalue weighted by molar-refractivity contribution is 0.169. The van der Waals surface area contributed by atoms with Gasteiger partial charge in [0.25, 0.3) is 0 Å². The lowest BCUT2D eigenvalue weighted by Crippen LogP contribution is -2.25. The third kappa shape index (κ3) is 4.15. The van der Waals surface area contributed by atoms with Crippen molar-refractivity contribution in [3.8, 4) is 11.5 Å². The van der Waals surface area contributed by atoms with E-state index in [1.165, 1.54) is 0 Å². The van der Waals surface area contributed by atoms with Crippen LogP contribution in [0.1, 0.15) is 0 Å². The van der Waals surface area contributed by atoms with Crippen LogP contribution in [0, 0.1) is 0 Å². The molecule has 156 valence electrons. The van der Waals surface area contributed by atoms with Crippen molar-refractivity contribution in [2.45, 2.75) is 12.6 Å². The molecular formula is C23H22Br2N2O3. The average Bonchev–Trinajstić information content (AvgIpc) is 3.04. The maximum Gasteiger partial charge on any atom is 0.145 e. The van der Waals surface area contributed by atoms with Crippen molar-refractivity contribution < 1.29 is 14.6 Å². The minimum absolute atomic E-state index is 0.386. The highest BCUT2D eigenvalue weighted by Crippen LogP contribution is 2.33. The maximum absolute atomic E-state index is 10.8. The fourth-order valence-electron chi connectivity index (χ4n) is 3.69. The summed E-state index contributed by atoms with van der Waals surface area (Å²) in [7, 11) is 3.24. The Kier molecular flexibility index (Phi) is 6.22. The van der Waals surface area contributed by atoms with Crippen molar-refractivity contribution in [3.63, 3.8) is 0 Å². The fourth-order valence-corrected chi connectivity index (χ4v) is 4.41. The zero-order valence-corrected chi connectivity index (χ0v) is 19.8. The second-order valence-electron chi connectivity index (χ2n) is 7.03. The molecule has 0 aliphatic heterocycles. The van der Waals surface area contributed by atoms with Crippen LogP contribution in [0.4, 0.5) is 5.69 Å². The van der Waals surface area contributed by atoms with Crippen molar-refractivity contribution in [2.75, 3.05) is 26.1 Å². The minimum Gasteiger partial charge on any atom is -0.497 e. The number of halogens is 2. The van der Waals surface area contributed by atoms with Gasteiger partial charge in [-0.1, -0.05) is 31.9 Å². The Morgan fingerprint density at radius 3 is 2.10 bits per heavy atom. The van der Waals surface area contributed by atoms with Gasteiger partial charge in [-0.15, -0.1) is 0 Å². The quantitative estimate of drug-likeness (QED) is 0.315. The van der Waals surface area contributed by atoms with Crippen LogP contribution in [0.2, 0.25) is 0 Å². The summed E-state index contributed by atoms with van der Waals surface area (Å²) in [5.74, 6) is 1.40. The van der Waals surface area contributed by atoms with Crippen LogP contribution in [0.15, 0.2) is 63.5 Å². The first kappa shape index (κ1) is 21.0. The van der Waals surface area contributed by atoms with Gasteiger partial charge in [0, 0.05) is 43.4 Å². The van der Waals surface area contributed by atoms with E-state index in [9.17, 15) is 5.11 Å². The van der Waals surface area contributed by atoms with E-state index in [4.69, 9.17) is 9.47 Å². The van der Waals surface area contributed by atoms with Gasteiger partial charge in [0.1, 0.15) is 11.5 Å². The first-order chi connectivity index (χ1) is 14.5. The van der Waals surface area contributed by atoms with Crippen LogP contribution < -0.4 is 14.8 Å². The van der Waals surface area contributed by atoms with Crippen LogP contribution in [0.5, 0.6) is 11.5 Å². The Labute approximate surface area is 191 Å². The molecule has 30 heavy (non-hydrogen) atoms. The van der Waals surface area contributed by atoms with Gasteiger partial charge in [-0.2, -0.15) is 0 Å². The zero-order valence-electron chi connectivity index (χ0n) is 16.7. The summed E-state index contributed by atoms with van der Waals surface area (Å²) >= 11 is 7.14. The Hall–Kier alpha value is -2.22. The van der Waals surface area contributed by atoms with E-state index in [2.05, 4.69) is 66.0 Å². The molecule has 3 aromatic carbocycles.